The molecule has 3 rings (SSSR count). The molecule has 3 aromatic rings. The highest BCUT2D eigenvalue weighted by Gasteiger charge is 2.26. The van der Waals surface area contributed by atoms with Gasteiger partial charge in [0, 0.05) is 6.42 Å². The number of carbonyl (C=O) groups excluding carboxylic acids is 1. The molecule has 0 fully saturated rings. The third kappa shape index (κ3) is 3.65. The summed E-state index contributed by atoms with van der Waals surface area (Å²) in [6.07, 6.45) is -0.245. The molecule has 0 radical (unpaired) electrons. The number of benzene rings is 2. The minimum Gasteiger partial charge on any atom is -0.340 e. The van der Waals surface area contributed by atoms with Crippen molar-refractivity contribution in [2.24, 2.45) is 0 Å². The average molecular weight is 367 g/mol. The number of nitrogens with one attached hydrogen (secondary N) is 1. The van der Waals surface area contributed by atoms with Gasteiger partial charge < -0.3 is 4.98 Å². The lowest BCUT2D eigenvalue weighted by molar-refractivity contribution is -0.119. The molecule has 0 aliphatic carbocycles. The van der Waals surface area contributed by atoms with Gasteiger partial charge in [-0.3, -0.25) is 4.79 Å². The summed E-state index contributed by atoms with van der Waals surface area (Å²) < 4.78 is 24.8. The Bertz CT molecular complexity index is 1060. The summed E-state index contributed by atoms with van der Waals surface area (Å²) in [4.78, 5) is 19.8. The lowest BCUT2D eigenvalue weighted by atomic mass is 10.0. The Kier molecular flexibility index (Phi) is 4.87. The van der Waals surface area contributed by atoms with Crippen LogP contribution in [0.1, 0.15) is 23.7 Å². The molecular weight excluding hydrogens is 350 g/mol. The van der Waals surface area contributed by atoms with E-state index in [4.69, 9.17) is 0 Å². The number of nitriles is 1. The van der Waals surface area contributed by atoms with Gasteiger partial charge in [0.2, 0.25) is 0 Å². The molecular formula is C19H17N3O3S. The molecule has 0 saturated heterocycles. The number of ketones is 1. The molecule has 1 heterocycles. The third-order valence-electron chi connectivity index (χ3n) is 4.13. The Balaban J connectivity index is 1.75. The van der Waals surface area contributed by atoms with Crippen molar-refractivity contribution in [3.8, 4) is 6.07 Å². The molecule has 0 aliphatic heterocycles. The largest absolute Gasteiger partial charge is 0.340 e. The van der Waals surface area contributed by atoms with Gasteiger partial charge in [-0.15, -0.1) is 0 Å². The first-order valence-corrected chi connectivity index (χ1v) is 9.72. The topological polar surface area (TPSA) is 104 Å². The van der Waals surface area contributed by atoms with E-state index < -0.39 is 21.5 Å². The fraction of sp³-hybridized carbons (Fsp3) is 0.211. The molecule has 1 aromatic heterocycles. The number of rotatable bonds is 6. The minimum absolute atomic E-state index is 0.174. The van der Waals surface area contributed by atoms with E-state index >= 15 is 0 Å². The van der Waals surface area contributed by atoms with Crippen LogP contribution < -0.4 is 0 Å². The number of imidazole rings is 1. The van der Waals surface area contributed by atoms with Crippen LogP contribution in [0.3, 0.4) is 0 Å². The highest BCUT2D eigenvalue weighted by atomic mass is 32.2. The molecule has 0 amide bonds. The number of sulfone groups is 1. The summed E-state index contributed by atoms with van der Waals surface area (Å²) in [5.74, 6) is -1.68. The number of aromatic nitrogens is 2. The van der Waals surface area contributed by atoms with Gasteiger partial charge >= 0.3 is 0 Å². The van der Waals surface area contributed by atoms with Gasteiger partial charge in [0.15, 0.2) is 21.5 Å². The average Bonchev–Trinajstić information content (AvgIpc) is 3.04. The zero-order valence-electron chi connectivity index (χ0n) is 14.1. The zero-order valence-corrected chi connectivity index (χ0v) is 15.0. The minimum atomic E-state index is -3.58. The molecule has 2 aromatic carbocycles. The van der Waals surface area contributed by atoms with Gasteiger partial charge in [0.25, 0.3) is 0 Å². The van der Waals surface area contributed by atoms with Crippen molar-refractivity contribution in [1.29, 1.82) is 5.26 Å². The van der Waals surface area contributed by atoms with Crippen molar-refractivity contribution in [1.82, 2.24) is 9.97 Å². The van der Waals surface area contributed by atoms with Crippen molar-refractivity contribution < 1.29 is 13.2 Å². The van der Waals surface area contributed by atoms with Gasteiger partial charge in [-0.25, -0.2) is 13.4 Å². The van der Waals surface area contributed by atoms with Crippen molar-refractivity contribution in [3.05, 3.63) is 59.9 Å². The first kappa shape index (κ1) is 17.8. The molecule has 1 atom stereocenters. The summed E-state index contributed by atoms with van der Waals surface area (Å²) in [6, 6.07) is 15.6. The van der Waals surface area contributed by atoms with E-state index in [9.17, 15) is 18.5 Å². The normalized spacial score (nSPS) is 12.6. The Morgan fingerprint density at radius 3 is 2.54 bits per heavy atom. The lowest BCUT2D eigenvalue weighted by Crippen LogP contribution is -2.17. The van der Waals surface area contributed by atoms with E-state index in [1.165, 1.54) is 12.1 Å². The number of carbonyl (C=O) groups is 1. The summed E-state index contributed by atoms with van der Waals surface area (Å²) in [5.41, 5.74) is 2.33. The van der Waals surface area contributed by atoms with E-state index in [-0.39, 0.29) is 22.9 Å². The number of aromatic amines is 1. The number of nitrogens with zero attached hydrogens (tertiary/aromatic N) is 2. The van der Waals surface area contributed by atoms with Crippen molar-refractivity contribution in [2.75, 3.05) is 5.75 Å². The Labute approximate surface area is 151 Å². The first-order chi connectivity index (χ1) is 12.4. The first-order valence-electron chi connectivity index (χ1n) is 8.07. The van der Waals surface area contributed by atoms with Crippen molar-refractivity contribution in [2.45, 2.75) is 24.2 Å². The monoisotopic (exact) mass is 367 g/mol. The predicted molar refractivity (Wildman–Crippen MR) is 97.3 cm³/mol. The van der Waals surface area contributed by atoms with Crippen LogP contribution in [-0.2, 0) is 14.6 Å². The highest BCUT2D eigenvalue weighted by molar-refractivity contribution is 7.91. The Morgan fingerprint density at radius 2 is 1.88 bits per heavy atom. The van der Waals surface area contributed by atoms with Crippen LogP contribution in [-0.4, -0.2) is 29.9 Å². The number of fused-ring (bicyclic) bond motifs is 1. The second-order valence-electron chi connectivity index (χ2n) is 6.05. The van der Waals surface area contributed by atoms with E-state index in [1.54, 1.807) is 24.3 Å². The van der Waals surface area contributed by atoms with Crippen molar-refractivity contribution in [3.63, 3.8) is 0 Å². The number of para-hydroxylation sites is 2. The molecule has 1 unspecified atom stereocenters. The molecule has 0 spiro atoms. The molecule has 132 valence electrons. The number of Topliss-reactive ketones (excluding diaryl/α,β-unsaturated/α-hetero) is 1. The molecule has 0 saturated carbocycles. The lowest BCUT2D eigenvalue weighted by Gasteiger charge is -2.07. The Morgan fingerprint density at radius 1 is 1.19 bits per heavy atom. The second-order valence-corrected chi connectivity index (χ2v) is 8.16. The Hall–Kier alpha value is -2.98. The number of H-pyrrole nitrogens is 1. The highest BCUT2D eigenvalue weighted by Crippen LogP contribution is 2.20. The van der Waals surface area contributed by atoms with Gasteiger partial charge in [0.05, 0.1) is 27.8 Å². The van der Waals surface area contributed by atoms with Crippen LogP contribution in [0.25, 0.3) is 11.0 Å². The summed E-state index contributed by atoms with van der Waals surface area (Å²) >= 11 is 0. The summed E-state index contributed by atoms with van der Waals surface area (Å²) in [5, 5.41) is 9.37. The van der Waals surface area contributed by atoms with Crippen LogP contribution in [0.4, 0.5) is 0 Å². The van der Waals surface area contributed by atoms with Crippen LogP contribution >= 0.6 is 0 Å². The molecule has 6 nitrogen and oxygen atoms in total. The van der Waals surface area contributed by atoms with Gasteiger partial charge in [-0.1, -0.05) is 29.8 Å². The number of hydrogen-bond acceptors (Lipinski definition) is 5. The zero-order chi connectivity index (χ0) is 18.7. The van der Waals surface area contributed by atoms with E-state index in [1.807, 2.05) is 25.1 Å². The van der Waals surface area contributed by atoms with Crippen LogP contribution in [0.5, 0.6) is 0 Å². The van der Waals surface area contributed by atoms with Crippen molar-refractivity contribution >= 4 is 26.7 Å². The molecule has 0 bridgehead atoms. The van der Waals surface area contributed by atoms with Crippen LogP contribution in [0, 0.1) is 18.3 Å². The smallest absolute Gasteiger partial charge is 0.178 e. The van der Waals surface area contributed by atoms with E-state index in [0.717, 1.165) is 11.1 Å². The maximum atomic E-state index is 12.4. The molecule has 0 aliphatic rings. The second kappa shape index (κ2) is 7.10. The SMILES string of the molecule is Cc1ccc(S(=O)(=O)CCC(=O)C(C#N)c2nc3ccccc3[nH]2)cc1. The third-order valence-corrected chi connectivity index (χ3v) is 5.86. The molecule has 1 N–H and O–H groups in total. The maximum absolute atomic E-state index is 12.4. The fourth-order valence-corrected chi connectivity index (χ4v) is 3.89. The number of hydrogen-bond donors (Lipinski definition) is 1. The summed E-state index contributed by atoms with van der Waals surface area (Å²) in [6.45, 7) is 1.87. The van der Waals surface area contributed by atoms with Gasteiger partial charge in [-0.05, 0) is 31.2 Å². The van der Waals surface area contributed by atoms with E-state index in [0.29, 0.717) is 5.52 Å². The molecule has 26 heavy (non-hydrogen) atoms. The predicted octanol–water partition coefficient (Wildman–Crippen LogP) is 2.91. The van der Waals surface area contributed by atoms with Crippen LogP contribution in [0.2, 0.25) is 0 Å². The fourth-order valence-electron chi connectivity index (χ4n) is 2.64. The molecule has 7 heteroatoms. The quantitative estimate of drug-likeness (QED) is 0.721. The van der Waals surface area contributed by atoms with Crippen LogP contribution in [0.15, 0.2) is 53.4 Å². The summed E-state index contributed by atoms with van der Waals surface area (Å²) in [7, 11) is -3.58. The van der Waals surface area contributed by atoms with E-state index in [2.05, 4.69) is 9.97 Å². The number of aryl methyl sites for hydroxylation is 1. The standard InChI is InChI=1S/C19H17N3O3S/c1-13-6-8-14(9-7-13)26(24,25)11-10-18(23)15(12-20)19-21-16-4-2-3-5-17(16)22-19/h2-9,15H,10-11H2,1H3,(H,21,22). The maximum Gasteiger partial charge on any atom is 0.178 e. The van der Waals surface area contributed by atoms with Gasteiger partial charge in [0.1, 0.15) is 5.82 Å². The van der Waals surface area contributed by atoms with Gasteiger partial charge in [-0.2, -0.15) is 5.26 Å².